The fraction of sp³-hybridized carbons (Fsp3) is 0.333. The number of halogens is 1. The first-order valence-corrected chi connectivity index (χ1v) is 12.5. The highest BCUT2D eigenvalue weighted by atomic mass is 35.5. The van der Waals surface area contributed by atoms with Crippen LogP contribution in [0, 0.1) is 11.3 Å². The van der Waals surface area contributed by atoms with Crippen molar-refractivity contribution in [2.24, 2.45) is 11.3 Å². The number of thiophene rings is 1. The highest BCUT2D eigenvalue weighted by Crippen LogP contribution is 2.44. The predicted molar refractivity (Wildman–Crippen MR) is 137 cm³/mol. The van der Waals surface area contributed by atoms with E-state index < -0.39 is 0 Å². The zero-order chi connectivity index (χ0) is 23.6. The van der Waals surface area contributed by atoms with E-state index in [2.05, 4.69) is 31.4 Å². The standard InChI is InChI=1S/C27H29ClN2O2S/c1-27(2,3)18-12-13-21-22(15-18)33-26(30-23(31)14-17-8-5-4-6-9-17)24(21)25(32)29-20-11-7-10-19(28)16-20/h4-11,16,18H,12-15H2,1-3H3,(H,29,32)(H,30,31). The van der Waals surface area contributed by atoms with Crippen LogP contribution >= 0.6 is 22.9 Å². The summed E-state index contributed by atoms with van der Waals surface area (Å²) in [4.78, 5) is 27.4. The summed E-state index contributed by atoms with van der Waals surface area (Å²) >= 11 is 7.64. The van der Waals surface area contributed by atoms with Crippen LogP contribution in [0.2, 0.25) is 5.02 Å². The molecule has 0 aliphatic heterocycles. The van der Waals surface area contributed by atoms with Crippen LogP contribution in [0.25, 0.3) is 0 Å². The second-order valence-electron chi connectivity index (χ2n) is 9.69. The molecule has 6 heteroatoms. The number of carbonyl (C=O) groups is 2. The average molecular weight is 481 g/mol. The lowest BCUT2D eigenvalue weighted by Gasteiger charge is -2.33. The van der Waals surface area contributed by atoms with Gasteiger partial charge >= 0.3 is 0 Å². The molecule has 0 saturated carbocycles. The van der Waals surface area contributed by atoms with Gasteiger partial charge in [-0.25, -0.2) is 0 Å². The fourth-order valence-corrected chi connectivity index (χ4v) is 5.90. The molecule has 2 N–H and O–H groups in total. The van der Waals surface area contributed by atoms with Gasteiger partial charge in [-0.2, -0.15) is 0 Å². The first kappa shape index (κ1) is 23.5. The molecule has 4 nitrogen and oxygen atoms in total. The number of rotatable bonds is 5. The van der Waals surface area contributed by atoms with E-state index in [-0.39, 0.29) is 23.7 Å². The van der Waals surface area contributed by atoms with Crippen LogP contribution in [-0.4, -0.2) is 11.8 Å². The summed E-state index contributed by atoms with van der Waals surface area (Å²) in [5, 5.41) is 7.21. The van der Waals surface area contributed by atoms with Crippen LogP contribution < -0.4 is 10.6 Å². The number of hydrogen-bond donors (Lipinski definition) is 2. The zero-order valence-electron chi connectivity index (χ0n) is 19.2. The van der Waals surface area contributed by atoms with Crippen molar-refractivity contribution in [2.45, 2.75) is 46.5 Å². The fourth-order valence-electron chi connectivity index (χ4n) is 4.37. The molecule has 2 aromatic carbocycles. The maximum atomic E-state index is 13.4. The van der Waals surface area contributed by atoms with Crippen molar-refractivity contribution in [1.82, 2.24) is 0 Å². The van der Waals surface area contributed by atoms with Gasteiger partial charge in [0.05, 0.1) is 12.0 Å². The van der Waals surface area contributed by atoms with Crippen LogP contribution in [0.4, 0.5) is 10.7 Å². The highest BCUT2D eigenvalue weighted by molar-refractivity contribution is 7.17. The van der Waals surface area contributed by atoms with E-state index in [1.807, 2.05) is 36.4 Å². The molecule has 0 spiro atoms. The Balaban J connectivity index is 1.63. The lowest BCUT2D eigenvalue weighted by atomic mass is 9.72. The third-order valence-electron chi connectivity index (χ3n) is 6.26. The molecule has 0 radical (unpaired) electrons. The van der Waals surface area contributed by atoms with Gasteiger partial charge in [0.15, 0.2) is 0 Å². The van der Waals surface area contributed by atoms with Crippen molar-refractivity contribution >= 4 is 45.4 Å². The normalized spacial score (nSPS) is 15.6. The molecule has 4 rings (SSSR count). The molecule has 0 fully saturated rings. The van der Waals surface area contributed by atoms with Gasteiger partial charge in [0.25, 0.3) is 5.91 Å². The molecule has 1 aliphatic carbocycles. The highest BCUT2D eigenvalue weighted by Gasteiger charge is 2.34. The summed E-state index contributed by atoms with van der Waals surface area (Å²) < 4.78 is 0. The van der Waals surface area contributed by atoms with Crippen molar-refractivity contribution in [1.29, 1.82) is 0 Å². The summed E-state index contributed by atoms with van der Waals surface area (Å²) in [5.74, 6) is 0.211. The Hall–Kier alpha value is -2.63. The van der Waals surface area contributed by atoms with Gasteiger partial charge in [-0.3, -0.25) is 9.59 Å². The number of carbonyl (C=O) groups excluding carboxylic acids is 2. The van der Waals surface area contributed by atoms with E-state index in [4.69, 9.17) is 11.6 Å². The molecule has 1 heterocycles. The predicted octanol–water partition coefficient (Wildman–Crippen LogP) is 6.99. The summed E-state index contributed by atoms with van der Waals surface area (Å²) in [7, 11) is 0. The van der Waals surface area contributed by atoms with Crippen molar-refractivity contribution in [3.05, 3.63) is 81.2 Å². The van der Waals surface area contributed by atoms with E-state index in [9.17, 15) is 9.59 Å². The molecular formula is C27H29ClN2O2S. The van der Waals surface area contributed by atoms with E-state index in [1.54, 1.807) is 29.5 Å². The van der Waals surface area contributed by atoms with Crippen molar-refractivity contribution < 1.29 is 9.59 Å². The van der Waals surface area contributed by atoms with E-state index >= 15 is 0 Å². The molecule has 33 heavy (non-hydrogen) atoms. The largest absolute Gasteiger partial charge is 0.322 e. The number of benzene rings is 2. The van der Waals surface area contributed by atoms with Gasteiger partial charge in [0, 0.05) is 15.6 Å². The smallest absolute Gasteiger partial charge is 0.258 e. The SMILES string of the molecule is CC(C)(C)C1CCc2c(sc(NC(=O)Cc3ccccc3)c2C(=O)Nc2cccc(Cl)c2)C1. The van der Waals surface area contributed by atoms with Gasteiger partial charge in [-0.05, 0) is 59.9 Å². The molecule has 2 amide bonds. The maximum absolute atomic E-state index is 13.4. The molecule has 0 bridgehead atoms. The maximum Gasteiger partial charge on any atom is 0.258 e. The Morgan fingerprint density at radius 1 is 1.06 bits per heavy atom. The molecule has 1 atom stereocenters. The third-order valence-corrected chi connectivity index (χ3v) is 7.66. The average Bonchev–Trinajstić information content (AvgIpc) is 3.10. The number of anilines is 2. The van der Waals surface area contributed by atoms with Crippen LogP contribution in [0.5, 0.6) is 0 Å². The van der Waals surface area contributed by atoms with Gasteiger partial charge in [-0.15, -0.1) is 11.3 Å². The Bertz CT molecular complexity index is 1160. The van der Waals surface area contributed by atoms with Gasteiger partial charge in [0.1, 0.15) is 5.00 Å². The monoisotopic (exact) mass is 480 g/mol. The van der Waals surface area contributed by atoms with E-state index in [1.165, 1.54) is 4.88 Å². The van der Waals surface area contributed by atoms with Crippen molar-refractivity contribution in [3.63, 3.8) is 0 Å². The number of fused-ring (bicyclic) bond motifs is 1. The quantitative estimate of drug-likeness (QED) is 0.413. The van der Waals surface area contributed by atoms with E-state index in [0.29, 0.717) is 27.2 Å². The van der Waals surface area contributed by atoms with Crippen LogP contribution in [0.1, 0.15) is 53.6 Å². The molecule has 1 unspecified atom stereocenters. The Labute approximate surface area is 204 Å². The molecule has 3 aromatic rings. The lowest BCUT2D eigenvalue weighted by molar-refractivity contribution is -0.115. The van der Waals surface area contributed by atoms with Gasteiger partial charge in [-0.1, -0.05) is 68.8 Å². The summed E-state index contributed by atoms with van der Waals surface area (Å²) in [6.07, 6.45) is 3.06. The number of nitrogens with one attached hydrogen (secondary N) is 2. The molecular weight excluding hydrogens is 452 g/mol. The van der Waals surface area contributed by atoms with E-state index in [0.717, 1.165) is 30.4 Å². The first-order valence-electron chi connectivity index (χ1n) is 11.3. The molecule has 0 saturated heterocycles. The second kappa shape index (κ2) is 9.70. The topological polar surface area (TPSA) is 58.2 Å². The molecule has 1 aliphatic rings. The van der Waals surface area contributed by atoms with Crippen molar-refractivity contribution in [2.75, 3.05) is 10.6 Å². The number of hydrogen-bond acceptors (Lipinski definition) is 3. The van der Waals surface area contributed by atoms with Gasteiger partial charge in [0.2, 0.25) is 5.91 Å². The summed E-state index contributed by atoms with van der Waals surface area (Å²) in [5.41, 5.74) is 3.42. The Morgan fingerprint density at radius 2 is 1.82 bits per heavy atom. The number of amides is 2. The first-order chi connectivity index (χ1) is 15.7. The lowest BCUT2D eigenvalue weighted by Crippen LogP contribution is -2.27. The van der Waals surface area contributed by atoms with Crippen LogP contribution in [0.15, 0.2) is 54.6 Å². The Kier molecular flexibility index (Phi) is 6.91. The summed E-state index contributed by atoms with van der Waals surface area (Å²) in [6.45, 7) is 6.81. The minimum absolute atomic E-state index is 0.121. The van der Waals surface area contributed by atoms with Crippen LogP contribution in [-0.2, 0) is 24.1 Å². The molecule has 172 valence electrons. The molecule has 1 aromatic heterocycles. The third kappa shape index (κ3) is 5.66. The van der Waals surface area contributed by atoms with Crippen LogP contribution in [0.3, 0.4) is 0 Å². The minimum Gasteiger partial charge on any atom is -0.322 e. The van der Waals surface area contributed by atoms with Gasteiger partial charge < -0.3 is 10.6 Å². The Morgan fingerprint density at radius 3 is 2.52 bits per heavy atom. The zero-order valence-corrected chi connectivity index (χ0v) is 20.8. The second-order valence-corrected chi connectivity index (χ2v) is 11.2. The summed E-state index contributed by atoms with van der Waals surface area (Å²) in [6, 6.07) is 16.7. The van der Waals surface area contributed by atoms with Crippen molar-refractivity contribution in [3.8, 4) is 0 Å². The minimum atomic E-state index is -0.209.